The fourth-order valence-electron chi connectivity index (χ4n) is 2.28. The fraction of sp³-hybridized carbons (Fsp3) is 0.222. The second kappa shape index (κ2) is 7.21. The Balaban J connectivity index is 1.53. The minimum Gasteiger partial charge on any atom is -0.454 e. The highest BCUT2D eigenvalue weighted by Gasteiger charge is 2.20. The van der Waals surface area contributed by atoms with E-state index in [1.807, 2.05) is 0 Å². The van der Waals surface area contributed by atoms with Crippen molar-refractivity contribution in [1.29, 1.82) is 0 Å². The molecule has 1 N–H and O–H groups in total. The van der Waals surface area contributed by atoms with E-state index in [4.69, 9.17) is 14.2 Å². The summed E-state index contributed by atoms with van der Waals surface area (Å²) in [5.41, 5.74) is 1.12. The summed E-state index contributed by atoms with van der Waals surface area (Å²) in [4.78, 5) is 24.0. The van der Waals surface area contributed by atoms with E-state index < -0.39 is 18.0 Å². The van der Waals surface area contributed by atoms with Crippen LogP contribution in [-0.2, 0) is 20.7 Å². The third-order valence-electron chi connectivity index (χ3n) is 3.58. The van der Waals surface area contributed by atoms with E-state index in [0.29, 0.717) is 22.7 Å². The number of hydrogen-bond acceptors (Lipinski definition) is 5. The smallest absolute Gasteiger partial charge is 0.311 e. The summed E-state index contributed by atoms with van der Waals surface area (Å²) in [7, 11) is 0. The second-order valence-electron chi connectivity index (χ2n) is 5.49. The van der Waals surface area contributed by atoms with Crippen molar-refractivity contribution >= 4 is 17.6 Å². The van der Waals surface area contributed by atoms with E-state index in [2.05, 4.69) is 5.32 Å². The molecule has 25 heavy (non-hydrogen) atoms. The first-order chi connectivity index (χ1) is 12.0. The standard InChI is InChI=1S/C18H16FNO5/c1-11(25-17(21)8-12-2-4-13(19)5-3-12)18(22)20-14-6-7-15-16(9-14)24-10-23-15/h2-7,9,11H,8,10H2,1H3,(H,20,22)/t11-/m1/s1. The molecule has 1 aliphatic rings. The molecule has 0 saturated carbocycles. The molecule has 0 saturated heterocycles. The summed E-state index contributed by atoms with van der Waals surface area (Å²) in [6.45, 7) is 1.62. The molecule has 1 amide bonds. The van der Waals surface area contributed by atoms with Crippen molar-refractivity contribution in [3.8, 4) is 11.5 Å². The van der Waals surface area contributed by atoms with Crippen LogP contribution in [0, 0.1) is 5.82 Å². The van der Waals surface area contributed by atoms with Gasteiger partial charge in [-0.25, -0.2) is 4.39 Å². The molecule has 1 atom stereocenters. The van der Waals surface area contributed by atoms with Gasteiger partial charge in [0, 0.05) is 11.8 Å². The number of carbonyl (C=O) groups is 2. The Kier molecular flexibility index (Phi) is 4.83. The van der Waals surface area contributed by atoms with Gasteiger partial charge >= 0.3 is 5.97 Å². The van der Waals surface area contributed by atoms with Crippen LogP contribution in [0.15, 0.2) is 42.5 Å². The molecule has 0 aliphatic carbocycles. The lowest BCUT2D eigenvalue weighted by Gasteiger charge is -2.14. The molecule has 1 heterocycles. The number of hydrogen-bond donors (Lipinski definition) is 1. The van der Waals surface area contributed by atoms with Crippen LogP contribution in [0.3, 0.4) is 0 Å². The maximum absolute atomic E-state index is 12.8. The number of fused-ring (bicyclic) bond motifs is 1. The van der Waals surface area contributed by atoms with Gasteiger partial charge in [0.15, 0.2) is 17.6 Å². The summed E-state index contributed by atoms with van der Waals surface area (Å²) in [5, 5.41) is 2.65. The monoisotopic (exact) mass is 345 g/mol. The first kappa shape index (κ1) is 16.8. The molecule has 0 aromatic heterocycles. The lowest BCUT2D eigenvalue weighted by Crippen LogP contribution is -2.30. The summed E-state index contributed by atoms with van der Waals surface area (Å²) in [6, 6.07) is 10.5. The van der Waals surface area contributed by atoms with E-state index in [1.54, 1.807) is 18.2 Å². The fourth-order valence-corrected chi connectivity index (χ4v) is 2.28. The molecule has 0 bridgehead atoms. The second-order valence-corrected chi connectivity index (χ2v) is 5.49. The van der Waals surface area contributed by atoms with Crippen molar-refractivity contribution in [1.82, 2.24) is 0 Å². The molecule has 0 fully saturated rings. The molecule has 0 unspecified atom stereocenters. The highest BCUT2D eigenvalue weighted by atomic mass is 19.1. The quantitative estimate of drug-likeness (QED) is 0.844. The largest absolute Gasteiger partial charge is 0.454 e. The maximum Gasteiger partial charge on any atom is 0.311 e. The summed E-state index contributed by atoms with van der Waals surface area (Å²) < 4.78 is 28.4. The Morgan fingerprint density at radius 3 is 2.64 bits per heavy atom. The van der Waals surface area contributed by atoms with Crippen molar-refractivity contribution in [2.75, 3.05) is 12.1 Å². The molecule has 0 spiro atoms. The van der Waals surface area contributed by atoms with Crippen molar-refractivity contribution in [3.63, 3.8) is 0 Å². The lowest BCUT2D eigenvalue weighted by atomic mass is 10.1. The van der Waals surface area contributed by atoms with Gasteiger partial charge in [0.05, 0.1) is 6.42 Å². The van der Waals surface area contributed by atoms with Gasteiger partial charge in [0.1, 0.15) is 5.82 Å². The van der Waals surface area contributed by atoms with Crippen LogP contribution in [0.2, 0.25) is 0 Å². The van der Waals surface area contributed by atoms with E-state index in [9.17, 15) is 14.0 Å². The molecule has 3 rings (SSSR count). The van der Waals surface area contributed by atoms with Crippen molar-refractivity contribution < 1.29 is 28.2 Å². The van der Waals surface area contributed by atoms with Gasteiger partial charge in [0.2, 0.25) is 6.79 Å². The van der Waals surface area contributed by atoms with Crippen molar-refractivity contribution in [2.24, 2.45) is 0 Å². The molecule has 2 aromatic carbocycles. The summed E-state index contributed by atoms with van der Waals surface area (Å²) >= 11 is 0. The van der Waals surface area contributed by atoms with Gasteiger partial charge in [-0.2, -0.15) is 0 Å². The van der Waals surface area contributed by atoms with Crippen LogP contribution in [0.25, 0.3) is 0 Å². The van der Waals surface area contributed by atoms with Crippen LogP contribution in [0.5, 0.6) is 11.5 Å². The number of nitrogens with one attached hydrogen (secondary N) is 1. The number of carbonyl (C=O) groups excluding carboxylic acids is 2. The number of rotatable bonds is 5. The highest BCUT2D eigenvalue weighted by Crippen LogP contribution is 2.34. The average molecular weight is 345 g/mol. The molecule has 130 valence electrons. The van der Waals surface area contributed by atoms with Crippen molar-refractivity contribution in [2.45, 2.75) is 19.4 Å². The molecule has 0 radical (unpaired) electrons. The molecular weight excluding hydrogens is 329 g/mol. The van der Waals surface area contributed by atoms with Gasteiger partial charge in [0.25, 0.3) is 5.91 Å². The first-order valence-corrected chi connectivity index (χ1v) is 7.66. The number of ether oxygens (including phenoxy) is 3. The number of amides is 1. The number of esters is 1. The van der Waals surface area contributed by atoms with Crippen molar-refractivity contribution in [3.05, 3.63) is 53.8 Å². The first-order valence-electron chi connectivity index (χ1n) is 7.66. The Bertz CT molecular complexity index is 791. The molecule has 7 heteroatoms. The number of anilines is 1. The van der Waals surface area contributed by atoms with Gasteiger partial charge in [-0.05, 0) is 36.8 Å². The normalized spacial score (nSPS) is 13.2. The van der Waals surface area contributed by atoms with E-state index in [1.165, 1.54) is 31.2 Å². The van der Waals surface area contributed by atoms with Crippen LogP contribution in [-0.4, -0.2) is 24.8 Å². The summed E-state index contributed by atoms with van der Waals surface area (Å²) in [6.07, 6.45) is -1.01. The molecule has 2 aromatic rings. The van der Waals surface area contributed by atoms with E-state index >= 15 is 0 Å². The predicted octanol–water partition coefficient (Wildman–Crippen LogP) is 2.67. The number of benzene rings is 2. The zero-order chi connectivity index (χ0) is 17.8. The molecule has 1 aliphatic heterocycles. The van der Waals surface area contributed by atoms with E-state index in [0.717, 1.165) is 0 Å². The van der Waals surface area contributed by atoms with E-state index in [-0.39, 0.29) is 19.0 Å². The zero-order valence-electron chi connectivity index (χ0n) is 13.5. The Hall–Kier alpha value is -3.09. The third kappa shape index (κ3) is 4.26. The Morgan fingerprint density at radius 1 is 1.16 bits per heavy atom. The minimum atomic E-state index is -0.974. The molecule has 6 nitrogen and oxygen atoms in total. The molecular formula is C18H16FNO5. The summed E-state index contributed by atoms with van der Waals surface area (Å²) in [5.74, 6) is -0.268. The Labute approximate surface area is 143 Å². The van der Waals surface area contributed by atoms with Gasteiger partial charge in [-0.3, -0.25) is 9.59 Å². The SMILES string of the molecule is C[C@@H](OC(=O)Cc1ccc(F)cc1)C(=O)Nc1ccc2c(c1)OCO2. The highest BCUT2D eigenvalue weighted by molar-refractivity contribution is 5.95. The van der Waals surface area contributed by atoms with Crippen LogP contribution >= 0.6 is 0 Å². The van der Waals surface area contributed by atoms with Crippen LogP contribution < -0.4 is 14.8 Å². The average Bonchev–Trinajstić information content (AvgIpc) is 3.04. The number of halogens is 1. The minimum absolute atomic E-state index is 0.0398. The Morgan fingerprint density at radius 2 is 1.88 bits per heavy atom. The van der Waals surface area contributed by atoms with Crippen LogP contribution in [0.4, 0.5) is 10.1 Å². The van der Waals surface area contributed by atoms with Gasteiger partial charge < -0.3 is 19.5 Å². The maximum atomic E-state index is 12.8. The van der Waals surface area contributed by atoms with Crippen LogP contribution in [0.1, 0.15) is 12.5 Å². The predicted molar refractivity (Wildman–Crippen MR) is 86.9 cm³/mol. The lowest BCUT2D eigenvalue weighted by molar-refractivity contribution is -0.152. The third-order valence-corrected chi connectivity index (χ3v) is 3.58. The van der Waals surface area contributed by atoms with Gasteiger partial charge in [-0.15, -0.1) is 0 Å². The zero-order valence-corrected chi connectivity index (χ0v) is 13.5. The topological polar surface area (TPSA) is 73.9 Å². The van der Waals surface area contributed by atoms with Gasteiger partial charge in [-0.1, -0.05) is 12.1 Å².